The maximum Gasteiger partial charge on any atom is 0.332 e. The number of amides is 1. The minimum Gasteiger partial charge on any atom is -0.338 e. The summed E-state index contributed by atoms with van der Waals surface area (Å²) < 4.78 is 2.46. The van der Waals surface area contributed by atoms with Crippen molar-refractivity contribution in [2.45, 2.75) is 25.7 Å². The van der Waals surface area contributed by atoms with E-state index < -0.39 is 5.69 Å². The number of piperidine rings is 1. The Morgan fingerprint density at radius 1 is 1.19 bits per heavy atom. The number of carbonyl (C=O) groups excluding carboxylic acids is 1. The van der Waals surface area contributed by atoms with E-state index in [2.05, 4.69) is 9.97 Å². The first-order chi connectivity index (χ1) is 12.9. The molecule has 0 unspecified atom stereocenters. The molecule has 4 rings (SSSR count). The third-order valence-electron chi connectivity index (χ3n) is 5.23. The Morgan fingerprint density at radius 2 is 1.89 bits per heavy atom. The fourth-order valence-corrected chi connectivity index (χ4v) is 4.43. The van der Waals surface area contributed by atoms with Crippen LogP contribution in [0.2, 0.25) is 0 Å². The Balaban J connectivity index is 1.56. The van der Waals surface area contributed by atoms with E-state index in [9.17, 15) is 14.4 Å². The summed E-state index contributed by atoms with van der Waals surface area (Å²) in [7, 11) is 3.07. The van der Waals surface area contributed by atoms with Crippen LogP contribution in [0.4, 0.5) is 0 Å². The topological polar surface area (TPSA) is 93.0 Å². The summed E-state index contributed by atoms with van der Waals surface area (Å²) in [5.74, 6) is 0.918. The number of aromatic amines is 1. The minimum atomic E-state index is -0.391. The summed E-state index contributed by atoms with van der Waals surface area (Å²) in [6, 6.07) is 3.84. The SMILES string of the molecule is Cc1ccc(C(=O)N2CCC(c3nc4c([nH]3)c(=O)n(C)c(=O)n4C)CC2)s1. The third kappa shape index (κ3) is 2.91. The van der Waals surface area contributed by atoms with Crippen molar-refractivity contribution in [2.75, 3.05) is 13.1 Å². The molecule has 9 heteroatoms. The first-order valence-electron chi connectivity index (χ1n) is 8.88. The molecular formula is C18H21N5O3S. The highest BCUT2D eigenvalue weighted by Gasteiger charge is 2.27. The lowest BCUT2D eigenvalue weighted by molar-refractivity contribution is 0.0716. The monoisotopic (exact) mass is 387 g/mol. The van der Waals surface area contributed by atoms with Gasteiger partial charge in [-0.3, -0.25) is 18.7 Å². The summed E-state index contributed by atoms with van der Waals surface area (Å²) in [6.45, 7) is 3.29. The van der Waals surface area contributed by atoms with Crippen molar-refractivity contribution < 1.29 is 4.79 Å². The van der Waals surface area contributed by atoms with Crippen molar-refractivity contribution in [1.82, 2.24) is 24.0 Å². The molecule has 1 aliphatic heterocycles. The molecule has 0 atom stereocenters. The molecule has 3 aromatic rings. The second kappa shape index (κ2) is 6.49. The summed E-state index contributed by atoms with van der Waals surface area (Å²) >= 11 is 1.52. The molecule has 0 bridgehead atoms. The largest absolute Gasteiger partial charge is 0.338 e. The van der Waals surface area contributed by atoms with Crippen molar-refractivity contribution >= 4 is 28.4 Å². The number of hydrogen-bond donors (Lipinski definition) is 1. The van der Waals surface area contributed by atoms with Gasteiger partial charge in [0.25, 0.3) is 11.5 Å². The molecular weight excluding hydrogens is 366 g/mol. The molecule has 27 heavy (non-hydrogen) atoms. The van der Waals surface area contributed by atoms with Gasteiger partial charge in [0.15, 0.2) is 5.65 Å². The smallest absolute Gasteiger partial charge is 0.332 e. The Morgan fingerprint density at radius 3 is 2.52 bits per heavy atom. The van der Waals surface area contributed by atoms with E-state index in [-0.39, 0.29) is 17.4 Å². The predicted octanol–water partition coefficient (Wildman–Crippen LogP) is 1.35. The fourth-order valence-electron chi connectivity index (χ4n) is 3.60. The Hall–Kier alpha value is -2.68. The van der Waals surface area contributed by atoms with Gasteiger partial charge >= 0.3 is 5.69 Å². The number of nitrogens with one attached hydrogen (secondary N) is 1. The van der Waals surface area contributed by atoms with Crippen LogP contribution in [-0.2, 0) is 14.1 Å². The number of thiophene rings is 1. The average Bonchev–Trinajstić information content (AvgIpc) is 3.31. The second-order valence-corrected chi connectivity index (χ2v) is 8.29. The lowest BCUT2D eigenvalue weighted by Gasteiger charge is -2.30. The first-order valence-corrected chi connectivity index (χ1v) is 9.70. The van der Waals surface area contributed by atoms with Gasteiger partial charge in [-0.15, -0.1) is 11.3 Å². The Bertz CT molecular complexity index is 1140. The first kappa shape index (κ1) is 17.7. The van der Waals surface area contributed by atoms with Gasteiger partial charge in [0.05, 0.1) is 4.88 Å². The lowest BCUT2D eigenvalue weighted by atomic mass is 9.96. The molecule has 1 amide bonds. The molecule has 0 aromatic carbocycles. The van der Waals surface area contributed by atoms with Crippen molar-refractivity contribution in [3.8, 4) is 0 Å². The van der Waals surface area contributed by atoms with E-state index in [4.69, 9.17) is 0 Å². The summed E-state index contributed by atoms with van der Waals surface area (Å²) in [5, 5.41) is 0. The molecule has 3 aromatic heterocycles. The van der Waals surface area contributed by atoms with E-state index in [1.165, 1.54) is 23.0 Å². The highest BCUT2D eigenvalue weighted by atomic mass is 32.1. The number of aryl methyl sites for hydroxylation is 2. The highest BCUT2D eigenvalue weighted by molar-refractivity contribution is 7.13. The number of nitrogens with zero attached hydrogens (tertiary/aromatic N) is 4. The van der Waals surface area contributed by atoms with E-state index >= 15 is 0 Å². The summed E-state index contributed by atoms with van der Waals surface area (Å²) in [5.41, 5.74) is -0.0300. The molecule has 1 saturated heterocycles. The quantitative estimate of drug-likeness (QED) is 0.718. The maximum atomic E-state index is 12.6. The molecule has 0 aliphatic carbocycles. The molecule has 1 aliphatic rings. The summed E-state index contributed by atoms with van der Waals surface area (Å²) in [6.07, 6.45) is 1.54. The van der Waals surface area contributed by atoms with E-state index in [1.54, 1.807) is 7.05 Å². The molecule has 142 valence electrons. The number of aromatic nitrogens is 4. The van der Waals surface area contributed by atoms with Crippen LogP contribution in [-0.4, -0.2) is 43.0 Å². The van der Waals surface area contributed by atoms with E-state index in [0.717, 1.165) is 27.2 Å². The normalized spacial score (nSPS) is 15.6. The predicted molar refractivity (Wildman–Crippen MR) is 104 cm³/mol. The van der Waals surface area contributed by atoms with Crippen molar-refractivity contribution in [2.24, 2.45) is 14.1 Å². The zero-order valence-corrected chi connectivity index (χ0v) is 16.3. The van der Waals surface area contributed by atoms with Crippen molar-refractivity contribution in [3.63, 3.8) is 0 Å². The molecule has 0 radical (unpaired) electrons. The highest BCUT2D eigenvalue weighted by Crippen LogP contribution is 2.28. The van der Waals surface area contributed by atoms with Gasteiger partial charge in [-0.2, -0.15) is 0 Å². The Kier molecular flexibility index (Phi) is 4.26. The third-order valence-corrected chi connectivity index (χ3v) is 6.22. The van der Waals surface area contributed by atoms with Crippen LogP contribution >= 0.6 is 11.3 Å². The average molecular weight is 387 g/mol. The minimum absolute atomic E-state index is 0.0763. The second-order valence-electron chi connectivity index (χ2n) is 7.00. The standard InChI is InChI=1S/C18H21N5O3S/c1-10-4-5-12(27-10)16(24)23-8-6-11(7-9-23)14-19-13-15(20-14)21(2)18(26)22(3)17(13)25/h4-5,11H,6-9H2,1-3H3,(H,19,20). The molecule has 0 saturated carbocycles. The van der Waals surface area contributed by atoms with E-state index in [0.29, 0.717) is 30.1 Å². The number of carbonyl (C=O) groups is 1. The van der Waals surface area contributed by atoms with Gasteiger partial charge in [-0.05, 0) is 31.9 Å². The van der Waals surface area contributed by atoms with Gasteiger partial charge < -0.3 is 9.88 Å². The van der Waals surface area contributed by atoms with E-state index in [1.807, 2.05) is 24.0 Å². The van der Waals surface area contributed by atoms with Crippen LogP contribution in [0.1, 0.15) is 39.1 Å². The molecule has 4 heterocycles. The molecule has 1 N–H and O–H groups in total. The zero-order chi connectivity index (χ0) is 19.3. The summed E-state index contributed by atoms with van der Waals surface area (Å²) in [4.78, 5) is 48.4. The maximum absolute atomic E-state index is 12.6. The van der Waals surface area contributed by atoms with Crippen LogP contribution in [0.15, 0.2) is 21.7 Å². The van der Waals surface area contributed by atoms with Gasteiger partial charge in [0, 0.05) is 38.0 Å². The number of rotatable bonds is 2. The van der Waals surface area contributed by atoms with Crippen LogP contribution < -0.4 is 11.2 Å². The van der Waals surface area contributed by atoms with Crippen molar-refractivity contribution in [3.05, 3.63) is 48.5 Å². The number of H-pyrrole nitrogens is 1. The lowest BCUT2D eigenvalue weighted by Crippen LogP contribution is -2.37. The number of hydrogen-bond acceptors (Lipinski definition) is 5. The zero-order valence-electron chi connectivity index (χ0n) is 15.5. The van der Waals surface area contributed by atoms with Crippen LogP contribution in [0, 0.1) is 6.92 Å². The molecule has 0 spiro atoms. The molecule has 8 nitrogen and oxygen atoms in total. The van der Waals surface area contributed by atoms with Gasteiger partial charge in [-0.25, -0.2) is 9.78 Å². The van der Waals surface area contributed by atoms with Gasteiger partial charge in [0.1, 0.15) is 11.3 Å². The number of likely N-dealkylation sites (tertiary alicyclic amines) is 1. The van der Waals surface area contributed by atoms with Crippen LogP contribution in [0.3, 0.4) is 0 Å². The fraction of sp³-hybridized carbons (Fsp3) is 0.444. The van der Waals surface area contributed by atoms with Crippen LogP contribution in [0.5, 0.6) is 0 Å². The number of imidazole rings is 1. The Labute approximate surface area is 159 Å². The van der Waals surface area contributed by atoms with Gasteiger partial charge in [0.2, 0.25) is 0 Å². The van der Waals surface area contributed by atoms with Gasteiger partial charge in [-0.1, -0.05) is 0 Å². The molecule has 1 fully saturated rings. The van der Waals surface area contributed by atoms with Crippen molar-refractivity contribution in [1.29, 1.82) is 0 Å². The number of fused-ring (bicyclic) bond motifs is 1. The van der Waals surface area contributed by atoms with Crippen LogP contribution in [0.25, 0.3) is 11.2 Å².